The van der Waals surface area contributed by atoms with Crippen LogP contribution in [0.25, 0.3) is 10.9 Å². The van der Waals surface area contributed by atoms with Crippen LogP contribution in [0.2, 0.25) is 0 Å². The van der Waals surface area contributed by atoms with Gasteiger partial charge in [0.25, 0.3) is 5.56 Å². The van der Waals surface area contributed by atoms with Crippen LogP contribution in [-0.4, -0.2) is 51.9 Å². The number of piperazine rings is 1. The molecule has 0 radical (unpaired) electrons. The average molecular weight is 463 g/mol. The number of benzene rings is 2. The molecule has 1 amide bonds. The summed E-state index contributed by atoms with van der Waals surface area (Å²) in [7, 11) is 0. The predicted molar refractivity (Wildman–Crippen MR) is 135 cm³/mol. The number of carbonyl (C=O) groups is 1. The number of amides is 1. The summed E-state index contributed by atoms with van der Waals surface area (Å²) in [4.78, 5) is 41.9. The lowest BCUT2D eigenvalue weighted by Crippen LogP contribution is -2.45. The normalized spacial score (nSPS) is 17.2. The molecule has 0 spiro atoms. The van der Waals surface area contributed by atoms with Gasteiger partial charge in [0.15, 0.2) is 0 Å². The smallest absolute Gasteiger partial charge is 0.328 e. The quantitative estimate of drug-likeness (QED) is 0.591. The number of hydrogen-bond acceptors (Lipinski definition) is 4. The standard InChI is InChI=1S/C15H18N2O2.C12H16N2O/c18-14-12-8-4-5-9-13(12)16-15(19)17(14)10-11-6-2-1-3-7-11;15-11-14-8-6-13(7-9-14)10-12-4-2-1-3-5-12/h4-5,8-9,11H,1-3,6-7,10H2,(H,16,19);1-5,11H,6-10H2. The van der Waals surface area contributed by atoms with Gasteiger partial charge in [-0.05, 0) is 36.5 Å². The van der Waals surface area contributed by atoms with Gasteiger partial charge < -0.3 is 9.88 Å². The first-order valence-electron chi connectivity index (χ1n) is 12.3. The minimum absolute atomic E-state index is 0.162. The minimum Gasteiger partial charge on any atom is -0.343 e. The van der Waals surface area contributed by atoms with E-state index in [0.717, 1.165) is 52.0 Å². The first-order valence-corrected chi connectivity index (χ1v) is 12.3. The van der Waals surface area contributed by atoms with Gasteiger partial charge in [-0.3, -0.25) is 19.1 Å². The van der Waals surface area contributed by atoms with Crippen LogP contribution in [0.3, 0.4) is 0 Å². The second kappa shape index (κ2) is 11.8. The Bertz CT molecular complexity index is 1170. The van der Waals surface area contributed by atoms with Gasteiger partial charge in [0.2, 0.25) is 6.41 Å². The summed E-state index contributed by atoms with van der Waals surface area (Å²) in [6.45, 7) is 5.22. The lowest BCUT2D eigenvalue weighted by atomic mass is 9.89. The highest BCUT2D eigenvalue weighted by Crippen LogP contribution is 2.24. The van der Waals surface area contributed by atoms with E-state index in [1.165, 1.54) is 29.4 Å². The molecule has 2 heterocycles. The van der Waals surface area contributed by atoms with E-state index < -0.39 is 0 Å². The van der Waals surface area contributed by atoms with Crippen molar-refractivity contribution >= 4 is 17.3 Å². The second-order valence-electron chi connectivity index (χ2n) is 9.30. The van der Waals surface area contributed by atoms with Crippen molar-refractivity contribution < 1.29 is 4.79 Å². The van der Waals surface area contributed by atoms with E-state index in [1.54, 1.807) is 12.1 Å². The van der Waals surface area contributed by atoms with Gasteiger partial charge in [0, 0.05) is 39.3 Å². The van der Waals surface area contributed by atoms with Crippen LogP contribution in [-0.2, 0) is 17.9 Å². The zero-order chi connectivity index (χ0) is 23.8. The number of hydrogen-bond donors (Lipinski definition) is 1. The third-order valence-electron chi connectivity index (χ3n) is 6.86. The summed E-state index contributed by atoms with van der Waals surface area (Å²) in [6.07, 6.45) is 6.90. The van der Waals surface area contributed by atoms with Crippen LogP contribution in [0.5, 0.6) is 0 Å². The molecule has 2 aromatic carbocycles. The number of H-pyrrole nitrogens is 1. The van der Waals surface area contributed by atoms with Crippen molar-refractivity contribution in [3.8, 4) is 0 Å². The van der Waals surface area contributed by atoms with Gasteiger partial charge in [-0.15, -0.1) is 0 Å². The highest BCUT2D eigenvalue weighted by molar-refractivity contribution is 5.76. The van der Waals surface area contributed by atoms with E-state index in [2.05, 4.69) is 34.1 Å². The average Bonchev–Trinajstić information content (AvgIpc) is 2.89. The van der Waals surface area contributed by atoms with Crippen molar-refractivity contribution in [2.24, 2.45) is 5.92 Å². The van der Waals surface area contributed by atoms with Gasteiger partial charge in [-0.2, -0.15) is 0 Å². The Kier molecular flexibility index (Phi) is 8.31. The lowest BCUT2D eigenvalue weighted by Gasteiger charge is -2.32. The van der Waals surface area contributed by atoms with Crippen LogP contribution in [0.15, 0.2) is 64.2 Å². The Hall–Kier alpha value is -3.19. The number of aromatic amines is 1. The summed E-state index contributed by atoms with van der Waals surface area (Å²) in [5.74, 6) is 0.466. The molecule has 2 aliphatic rings. The summed E-state index contributed by atoms with van der Waals surface area (Å²) in [5.41, 5.74) is 1.52. The van der Waals surface area contributed by atoms with Gasteiger partial charge in [-0.1, -0.05) is 61.7 Å². The first kappa shape index (κ1) is 24.0. The van der Waals surface area contributed by atoms with Gasteiger partial charge >= 0.3 is 5.69 Å². The van der Waals surface area contributed by atoms with E-state index in [0.29, 0.717) is 23.4 Å². The molecule has 0 atom stereocenters. The highest BCUT2D eigenvalue weighted by atomic mass is 16.2. The number of carbonyl (C=O) groups excluding carboxylic acids is 1. The van der Waals surface area contributed by atoms with Crippen molar-refractivity contribution in [3.63, 3.8) is 0 Å². The Morgan fingerprint density at radius 3 is 2.24 bits per heavy atom. The number of rotatable bonds is 5. The Morgan fingerprint density at radius 2 is 1.53 bits per heavy atom. The summed E-state index contributed by atoms with van der Waals surface area (Å²) >= 11 is 0. The number of nitrogens with one attached hydrogen (secondary N) is 1. The molecule has 5 rings (SSSR count). The van der Waals surface area contributed by atoms with Crippen LogP contribution >= 0.6 is 0 Å². The number of para-hydroxylation sites is 1. The van der Waals surface area contributed by atoms with E-state index in [1.807, 2.05) is 23.1 Å². The van der Waals surface area contributed by atoms with Gasteiger partial charge in [0.1, 0.15) is 0 Å². The topological polar surface area (TPSA) is 78.4 Å². The molecule has 1 N–H and O–H groups in total. The van der Waals surface area contributed by atoms with E-state index in [9.17, 15) is 14.4 Å². The maximum Gasteiger partial charge on any atom is 0.328 e. The monoisotopic (exact) mass is 462 g/mol. The van der Waals surface area contributed by atoms with Crippen molar-refractivity contribution in [1.29, 1.82) is 0 Å². The van der Waals surface area contributed by atoms with E-state index in [-0.39, 0.29) is 11.2 Å². The minimum atomic E-state index is -0.283. The Morgan fingerprint density at radius 1 is 0.853 bits per heavy atom. The molecule has 1 saturated carbocycles. The zero-order valence-electron chi connectivity index (χ0n) is 19.7. The van der Waals surface area contributed by atoms with Gasteiger partial charge in [-0.25, -0.2) is 4.79 Å². The molecule has 1 aliphatic heterocycles. The molecule has 1 aromatic heterocycles. The summed E-state index contributed by atoms with van der Waals surface area (Å²) < 4.78 is 1.37. The van der Waals surface area contributed by atoms with Crippen molar-refractivity contribution in [3.05, 3.63) is 81.0 Å². The molecule has 0 unspecified atom stereocenters. The molecular formula is C27H34N4O3. The highest BCUT2D eigenvalue weighted by Gasteiger charge is 2.17. The Balaban J connectivity index is 0.000000166. The lowest BCUT2D eigenvalue weighted by molar-refractivity contribution is -0.119. The van der Waals surface area contributed by atoms with Crippen molar-refractivity contribution in [2.45, 2.75) is 45.2 Å². The third-order valence-corrected chi connectivity index (χ3v) is 6.86. The fourth-order valence-electron chi connectivity index (χ4n) is 4.86. The van der Waals surface area contributed by atoms with E-state index in [4.69, 9.17) is 0 Å². The predicted octanol–water partition coefficient (Wildman–Crippen LogP) is 3.23. The number of nitrogens with zero attached hydrogens (tertiary/aromatic N) is 3. The fourth-order valence-corrected chi connectivity index (χ4v) is 4.86. The van der Waals surface area contributed by atoms with E-state index >= 15 is 0 Å². The molecule has 2 fully saturated rings. The van der Waals surface area contributed by atoms with Crippen LogP contribution in [0.1, 0.15) is 37.7 Å². The SMILES string of the molecule is O=CN1CCN(Cc2ccccc2)CC1.O=c1[nH]c2ccccc2c(=O)n1CC1CCCCC1. The maximum absolute atomic E-state index is 12.4. The molecule has 180 valence electrons. The molecule has 7 nitrogen and oxygen atoms in total. The molecule has 0 bridgehead atoms. The molecule has 1 saturated heterocycles. The maximum atomic E-state index is 12.4. The molecular weight excluding hydrogens is 428 g/mol. The zero-order valence-corrected chi connectivity index (χ0v) is 19.7. The Labute approximate surface area is 200 Å². The number of aromatic nitrogens is 2. The first-order chi connectivity index (χ1) is 16.6. The fraction of sp³-hybridized carbons (Fsp3) is 0.444. The largest absolute Gasteiger partial charge is 0.343 e. The molecule has 7 heteroatoms. The molecule has 1 aliphatic carbocycles. The van der Waals surface area contributed by atoms with Crippen molar-refractivity contribution in [1.82, 2.24) is 19.4 Å². The van der Waals surface area contributed by atoms with Gasteiger partial charge in [0.05, 0.1) is 10.9 Å². The van der Waals surface area contributed by atoms with Crippen molar-refractivity contribution in [2.75, 3.05) is 26.2 Å². The van der Waals surface area contributed by atoms with Crippen LogP contribution in [0.4, 0.5) is 0 Å². The third kappa shape index (κ3) is 6.23. The van der Waals surface area contributed by atoms with Crippen LogP contribution in [0, 0.1) is 5.92 Å². The van der Waals surface area contributed by atoms with Crippen LogP contribution < -0.4 is 11.2 Å². The molecule has 3 aromatic rings. The molecule has 34 heavy (non-hydrogen) atoms. The summed E-state index contributed by atoms with van der Waals surface area (Å²) in [5, 5.41) is 0.595. The second-order valence-corrected chi connectivity index (χ2v) is 9.30. The number of fused-ring (bicyclic) bond motifs is 1. The summed E-state index contributed by atoms with van der Waals surface area (Å²) in [6, 6.07) is 17.6.